The van der Waals surface area contributed by atoms with Crippen LogP contribution in [0, 0.1) is 17.8 Å². The van der Waals surface area contributed by atoms with E-state index in [0.717, 1.165) is 17.8 Å². The van der Waals surface area contributed by atoms with E-state index in [-0.39, 0.29) is 0 Å². The van der Waals surface area contributed by atoms with Gasteiger partial charge >= 0.3 is 0 Å². The molecule has 0 saturated heterocycles. The Balaban J connectivity index is 3.27. The average molecular weight is 451 g/mol. The van der Waals surface area contributed by atoms with Crippen LogP contribution < -0.4 is 0 Å². The maximum atomic E-state index is 2.50. The minimum absolute atomic E-state index is 0.945. The molecule has 3 unspecified atom stereocenters. The Bertz CT molecular complexity index is 333. The summed E-state index contributed by atoms with van der Waals surface area (Å²) >= 11 is 0. The van der Waals surface area contributed by atoms with Gasteiger partial charge in [-0.1, -0.05) is 189 Å². The summed E-state index contributed by atoms with van der Waals surface area (Å²) in [5.74, 6) is 2.87. The highest BCUT2D eigenvalue weighted by atomic mass is 14.1. The van der Waals surface area contributed by atoms with Crippen molar-refractivity contribution in [3.8, 4) is 0 Å². The second kappa shape index (κ2) is 25.6. The van der Waals surface area contributed by atoms with E-state index in [9.17, 15) is 0 Å². The van der Waals surface area contributed by atoms with Gasteiger partial charge in [-0.25, -0.2) is 0 Å². The molecule has 0 aromatic heterocycles. The molecule has 0 spiro atoms. The number of hydrogen-bond acceptors (Lipinski definition) is 0. The SMILES string of the molecule is CCCCCCCCC(C)CCCCCC(C)CCCCCCCCCCCC(C)CC. The normalized spacial score (nSPS) is 14.5. The van der Waals surface area contributed by atoms with E-state index < -0.39 is 0 Å². The molecule has 0 N–H and O–H groups in total. The van der Waals surface area contributed by atoms with Crippen molar-refractivity contribution in [2.75, 3.05) is 0 Å². The van der Waals surface area contributed by atoms with Gasteiger partial charge in [-0.05, 0) is 17.8 Å². The third kappa shape index (κ3) is 24.6. The van der Waals surface area contributed by atoms with Gasteiger partial charge in [0.1, 0.15) is 0 Å². The largest absolute Gasteiger partial charge is 0.0654 e. The molecule has 32 heavy (non-hydrogen) atoms. The summed E-state index contributed by atoms with van der Waals surface area (Å²) in [7, 11) is 0. The minimum atomic E-state index is 0.945. The van der Waals surface area contributed by atoms with Crippen LogP contribution in [0.2, 0.25) is 0 Å². The van der Waals surface area contributed by atoms with Crippen LogP contribution in [0.15, 0.2) is 0 Å². The average Bonchev–Trinajstić information content (AvgIpc) is 2.79. The van der Waals surface area contributed by atoms with Crippen LogP contribution >= 0.6 is 0 Å². The van der Waals surface area contributed by atoms with Crippen molar-refractivity contribution in [3.05, 3.63) is 0 Å². The minimum Gasteiger partial charge on any atom is -0.0654 e. The first-order valence-corrected chi connectivity index (χ1v) is 15.6. The molecule has 3 atom stereocenters. The Labute approximate surface area is 206 Å². The quantitative estimate of drug-likeness (QED) is 0.115. The van der Waals surface area contributed by atoms with Crippen molar-refractivity contribution in [2.45, 2.75) is 189 Å². The predicted octanol–water partition coefficient (Wildman–Crippen LogP) is 12.3. The molecule has 0 radical (unpaired) electrons. The van der Waals surface area contributed by atoms with Crippen molar-refractivity contribution >= 4 is 0 Å². The van der Waals surface area contributed by atoms with Gasteiger partial charge in [-0.15, -0.1) is 0 Å². The van der Waals surface area contributed by atoms with Gasteiger partial charge in [0, 0.05) is 0 Å². The second-order valence-electron chi connectivity index (χ2n) is 11.7. The molecule has 0 saturated carbocycles. The van der Waals surface area contributed by atoms with Crippen LogP contribution in [0.4, 0.5) is 0 Å². The van der Waals surface area contributed by atoms with E-state index in [2.05, 4.69) is 34.6 Å². The zero-order chi connectivity index (χ0) is 23.7. The molecule has 0 amide bonds. The fraction of sp³-hybridized carbons (Fsp3) is 1.00. The Morgan fingerprint density at radius 2 is 0.562 bits per heavy atom. The summed E-state index contributed by atoms with van der Waals surface area (Å²) in [5, 5.41) is 0. The Morgan fingerprint density at radius 3 is 0.875 bits per heavy atom. The highest BCUT2D eigenvalue weighted by Gasteiger charge is 2.05. The summed E-state index contributed by atoms with van der Waals surface area (Å²) in [6, 6.07) is 0. The molecule has 0 aromatic rings. The van der Waals surface area contributed by atoms with Crippen LogP contribution in [0.3, 0.4) is 0 Å². The summed E-state index contributed by atoms with van der Waals surface area (Å²) in [6.45, 7) is 12.0. The standard InChI is InChI=1S/C32H66/c1-6-8-9-10-16-21-26-31(4)28-23-19-24-29-32(5)27-22-18-15-13-11-12-14-17-20-25-30(3)7-2/h30-32H,6-29H2,1-5H3. The monoisotopic (exact) mass is 451 g/mol. The van der Waals surface area contributed by atoms with Gasteiger partial charge in [0.15, 0.2) is 0 Å². The lowest BCUT2D eigenvalue weighted by molar-refractivity contribution is 0.407. The highest BCUT2D eigenvalue weighted by Crippen LogP contribution is 2.21. The number of rotatable bonds is 26. The molecular formula is C32H66. The van der Waals surface area contributed by atoms with E-state index in [0.29, 0.717) is 0 Å². The van der Waals surface area contributed by atoms with Gasteiger partial charge in [0.05, 0.1) is 0 Å². The first-order valence-electron chi connectivity index (χ1n) is 15.6. The Kier molecular flexibility index (Phi) is 25.6. The topological polar surface area (TPSA) is 0 Å². The van der Waals surface area contributed by atoms with Crippen LogP contribution in [0.5, 0.6) is 0 Å². The summed E-state index contributed by atoms with van der Waals surface area (Å²) in [6.07, 6.45) is 35.1. The van der Waals surface area contributed by atoms with Crippen molar-refractivity contribution in [1.82, 2.24) is 0 Å². The molecule has 0 aliphatic carbocycles. The van der Waals surface area contributed by atoms with Crippen molar-refractivity contribution in [3.63, 3.8) is 0 Å². The second-order valence-corrected chi connectivity index (χ2v) is 11.7. The van der Waals surface area contributed by atoms with E-state index in [1.807, 2.05) is 0 Å². The first kappa shape index (κ1) is 32.0. The molecule has 0 nitrogen and oxygen atoms in total. The lowest BCUT2D eigenvalue weighted by atomic mass is 9.93. The van der Waals surface area contributed by atoms with Crippen molar-refractivity contribution in [1.29, 1.82) is 0 Å². The molecule has 0 bridgehead atoms. The molecule has 0 rings (SSSR count). The third-order valence-electron chi connectivity index (χ3n) is 8.04. The molecule has 0 heteroatoms. The van der Waals surface area contributed by atoms with E-state index in [1.54, 1.807) is 0 Å². The molecule has 0 heterocycles. The third-order valence-corrected chi connectivity index (χ3v) is 8.04. The molecule has 0 aromatic carbocycles. The number of hydrogen-bond donors (Lipinski definition) is 0. The molecule has 0 fully saturated rings. The zero-order valence-electron chi connectivity index (χ0n) is 23.7. The van der Waals surface area contributed by atoms with Crippen LogP contribution in [0.1, 0.15) is 189 Å². The van der Waals surface area contributed by atoms with Crippen molar-refractivity contribution in [2.24, 2.45) is 17.8 Å². The van der Waals surface area contributed by atoms with Gasteiger partial charge in [0.25, 0.3) is 0 Å². The fourth-order valence-corrected chi connectivity index (χ4v) is 5.15. The molecule has 0 aliphatic rings. The summed E-state index contributed by atoms with van der Waals surface area (Å²) in [5.41, 5.74) is 0. The molecule has 194 valence electrons. The summed E-state index contributed by atoms with van der Waals surface area (Å²) in [4.78, 5) is 0. The van der Waals surface area contributed by atoms with Crippen LogP contribution in [-0.4, -0.2) is 0 Å². The number of unbranched alkanes of at least 4 members (excludes halogenated alkanes) is 15. The summed E-state index contributed by atoms with van der Waals surface area (Å²) < 4.78 is 0. The van der Waals surface area contributed by atoms with Gasteiger partial charge < -0.3 is 0 Å². The maximum absolute atomic E-state index is 2.50. The smallest absolute Gasteiger partial charge is 0.0443 e. The van der Waals surface area contributed by atoms with E-state index in [4.69, 9.17) is 0 Å². The highest BCUT2D eigenvalue weighted by molar-refractivity contribution is 4.59. The van der Waals surface area contributed by atoms with E-state index in [1.165, 1.54) is 154 Å². The van der Waals surface area contributed by atoms with Crippen molar-refractivity contribution < 1.29 is 0 Å². The van der Waals surface area contributed by atoms with Gasteiger partial charge in [-0.2, -0.15) is 0 Å². The van der Waals surface area contributed by atoms with Gasteiger partial charge in [0.2, 0.25) is 0 Å². The Morgan fingerprint density at radius 1 is 0.312 bits per heavy atom. The van der Waals surface area contributed by atoms with Gasteiger partial charge in [-0.3, -0.25) is 0 Å². The van der Waals surface area contributed by atoms with E-state index >= 15 is 0 Å². The maximum Gasteiger partial charge on any atom is -0.0443 e. The lowest BCUT2D eigenvalue weighted by Crippen LogP contribution is -1.97. The zero-order valence-corrected chi connectivity index (χ0v) is 23.7. The fourth-order valence-electron chi connectivity index (χ4n) is 5.15. The first-order chi connectivity index (χ1) is 15.6. The molecule has 0 aliphatic heterocycles. The van der Waals surface area contributed by atoms with Crippen LogP contribution in [0.25, 0.3) is 0 Å². The molecular weight excluding hydrogens is 384 g/mol. The van der Waals surface area contributed by atoms with Crippen LogP contribution in [-0.2, 0) is 0 Å². The Hall–Kier alpha value is 0. The lowest BCUT2D eigenvalue weighted by Gasteiger charge is -2.13. The predicted molar refractivity (Wildman–Crippen MR) is 150 cm³/mol.